The Balaban J connectivity index is 0. The van der Waals surface area contributed by atoms with Gasteiger partial charge in [-0.25, -0.2) is 9.59 Å². The van der Waals surface area contributed by atoms with Gasteiger partial charge in [0, 0.05) is 17.1 Å². The molecule has 6 heteroatoms. The summed E-state index contributed by atoms with van der Waals surface area (Å²) in [6.07, 6.45) is 2.34. The minimum atomic E-state index is 0. The molecule has 0 aliphatic heterocycles. The Morgan fingerprint density at radius 3 is 1.75 bits per heavy atom. The van der Waals surface area contributed by atoms with Crippen LogP contribution >= 0.6 is 12.1 Å². The zero-order valence-electron chi connectivity index (χ0n) is 3.42. The zero-order chi connectivity index (χ0) is 5.54. The molecule has 0 saturated heterocycles. The van der Waals surface area contributed by atoms with E-state index in [1.54, 1.807) is 0 Å². The first-order valence-corrected chi connectivity index (χ1v) is 1.95. The molecule has 0 spiro atoms. The van der Waals surface area contributed by atoms with Crippen molar-refractivity contribution >= 4 is 24.3 Å². The van der Waals surface area contributed by atoms with E-state index >= 15 is 0 Å². The monoisotopic (exact) mass is 179 g/mol. The minimum Gasteiger partial charge on any atom is -0.210 e. The molecule has 0 unspecified atom stereocenters. The average Bonchev–Trinajstić information content (AvgIpc) is 1.69. The Labute approximate surface area is 60.2 Å². The van der Waals surface area contributed by atoms with Gasteiger partial charge in [0.2, 0.25) is 12.2 Å². The first-order chi connectivity index (χ1) is 3.41. The zero-order valence-corrected chi connectivity index (χ0v) is 5.18. The van der Waals surface area contributed by atoms with Gasteiger partial charge in [-0.1, -0.05) is 0 Å². The van der Waals surface area contributed by atoms with Crippen LogP contribution in [0.2, 0.25) is 0 Å². The van der Waals surface area contributed by atoms with Gasteiger partial charge in [0.25, 0.3) is 0 Å². The molecule has 1 radical (unpaired) electrons. The molecule has 0 rings (SSSR count). The van der Waals surface area contributed by atoms with E-state index in [0.29, 0.717) is 12.1 Å². The third-order valence-electron chi connectivity index (χ3n) is 0.156. The van der Waals surface area contributed by atoms with Crippen molar-refractivity contribution < 1.29 is 26.7 Å². The number of hydrogen-bond donors (Lipinski definition) is 0. The van der Waals surface area contributed by atoms with Gasteiger partial charge in [-0.15, -0.1) is 8.80 Å². The number of rotatable bonds is 2. The van der Waals surface area contributed by atoms with Crippen molar-refractivity contribution in [2.45, 2.75) is 0 Å². The number of hydrogen-bond acceptors (Lipinski definition) is 5. The summed E-state index contributed by atoms with van der Waals surface area (Å²) in [5, 5.41) is 0. The van der Waals surface area contributed by atoms with Gasteiger partial charge in [-0.2, -0.15) is 0 Å². The molecule has 0 fully saturated rings. The molecule has 0 N–H and O–H groups in total. The first kappa shape index (κ1) is 10.6. The van der Waals surface area contributed by atoms with Gasteiger partial charge < -0.3 is 0 Å². The van der Waals surface area contributed by atoms with Crippen LogP contribution in [0.4, 0.5) is 0 Å². The summed E-state index contributed by atoms with van der Waals surface area (Å²) in [5.41, 5.74) is 0. The minimum absolute atomic E-state index is 0. The van der Waals surface area contributed by atoms with Gasteiger partial charge in [-0.3, -0.25) is 0 Å². The van der Waals surface area contributed by atoms with E-state index in [0.717, 1.165) is 0 Å². The van der Waals surface area contributed by atoms with E-state index in [4.69, 9.17) is 0 Å². The normalized spacial score (nSPS) is 5.00. The summed E-state index contributed by atoms with van der Waals surface area (Å²) < 4.78 is 5.69. The van der Waals surface area contributed by atoms with Crippen LogP contribution in [0.3, 0.4) is 0 Å². The molecule has 0 aromatic carbocycles. The summed E-state index contributed by atoms with van der Waals surface area (Å²) >= 11 is 0.456. The molecule has 0 bridgehead atoms. The van der Waals surface area contributed by atoms with Gasteiger partial charge in [-0.05, 0) is 0 Å². The van der Waals surface area contributed by atoms with Crippen molar-refractivity contribution in [1.29, 1.82) is 0 Å². The Morgan fingerprint density at radius 2 is 1.50 bits per heavy atom. The number of nitrogens with zero attached hydrogens (tertiary/aromatic N) is 2. The predicted molar refractivity (Wildman–Crippen MR) is 23.8 cm³/mol. The van der Waals surface area contributed by atoms with Gasteiger partial charge >= 0.3 is 0 Å². The molecule has 0 saturated carbocycles. The fraction of sp³-hybridized carbons (Fsp3) is 0. The third-order valence-corrected chi connectivity index (χ3v) is 0.469. The van der Waals surface area contributed by atoms with E-state index in [1.165, 1.54) is 12.2 Å². The van der Waals surface area contributed by atoms with Crippen molar-refractivity contribution in [3.05, 3.63) is 0 Å². The van der Waals surface area contributed by atoms with Crippen molar-refractivity contribution in [3.63, 3.8) is 0 Å². The summed E-state index contributed by atoms with van der Waals surface area (Å²) in [6.45, 7) is 0. The summed E-state index contributed by atoms with van der Waals surface area (Å²) in [7, 11) is 0. The molecule has 0 atom stereocenters. The van der Waals surface area contributed by atoms with E-state index in [2.05, 4.69) is 8.80 Å². The fourth-order valence-electron chi connectivity index (χ4n) is 0.0537. The second-order valence-corrected chi connectivity index (χ2v) is 0.975. The smallest absolute Gasteiger partial charge is 0.210 e. The molecular formula is C2CuN2O2S. The Hall–Kier alpha value is -0.371. The fourth-order valence-corrected chi connectivity index (χ4v) is 0.161. The Bertz CT molecular complexity index is 121. The van der Waals surface area contributed by atoms with Crippen LogP contribution in [0.5, 0.6) is 0 Å². The molecule has 47 valence electrons. The maximum atomic E-state index is 9.18. The van der Waals surface area contributed by atoms with Crippen LogP contribution in [0.25, 0.3) is 0 Å². The second kappa shape index (κ2) is 9.80. The van der Waals surface area contributed by atoms with Crippen LogP contribution in [0, 0.1) is 0 Å². The molecule has 0 aromatic heterocycles. The van der Waals surface area contributed by atoms with Gasteiger partial charge in [0.05, 0.1) is 0 Å². The number of isocyanates is 2. The van der Waals surface area contributed by atoms with E-state index in [9.17, 15) is 9.59 Å². The quantitative estimate of drug-likeness (QED) is 0.264. The third kappa shape index (κ3) is 9.16. The van der Waals surface area contributed by atoms with Crippen LogP contribution in [0.1, 0.15) is 0 Å². The predicted octanol–water partition coefficient (Wildman–Crippen LogP) is 0.219. The molecule has 0 aliphatic rings. The van der Waals surface area contributed by atoms with Gasteiger partial charge in [0.15, 0.2) is 0 Å². The topological polar surface area (TPSA) is 58.9 Å². The van der Waals surface area contributed by atoms with Crippen molar-refractivity contribution in [3.8, 4) is 0 Å². The Morgan fingerprint density at radius 1 is 1.12 bits per heavy atom. The summed E-state index contributed by atoms with van der Waals surface area (Å²) in [4.78, 5) is 18.4. The van der Waals surface area contributed by atoms with Crippen molar-refractivity contribution in [2.75, 3.05) is 0 Å². The maximum absolute atomic E-state index is 9.18. The second-order valence-electron chi connectivity index (χ2n) is 0.447. The van der Waals surface area contributed by atoms with E-state index in [1.807, 2.05) is 0 Å². The van der Waals surface area contributed by atoms with Gasteiger partial charge in [0.1, 0.15) is 12.1 Å². The maximum Gasteiger partial charge on any atom is 0.249 e. The molecular weight excluding hydrogens is 180 g/mol. The van der Waals surface area contributed by atoms with Crippen molar-refractivity contribution in [2.24, 2.45) is 8.80 Å². The first-order valence-electron chi connectivity index (χ1n) is 1.22. The standard InChI is InChI=1S/C2N2O2S.Cu/c5-1-3-7-4-2-6;. The molecule has 8 heavy (non-hydrogen) atoms. The summed E-state index contributed by atoms with van der Waals surface area (Å²) in [5.74, 6) is 0. The summed E-state index contributed by atoms with van der Waals surface area (Å²) in [6, 6.07) is 0. The molecule has 0 aliphatic carbocycles. The Kier molecular flexibility index (Phi) is 13.0. The molecule has 0 aromatic rings. The SMILES string of the molecule is O=C=NSN=C=O.[Cu]. The van der Waals surface area contributed by atoms with E-state index < -0.39 is 0 Å². The molecule has 4 nitrogen and oxygen atoms in total. The van der Waals surface area contributed by atoms with Crippen LogP contribution < -0.4 is 0 Å². The van der Waals surface area contributed by atoms with Crippen molar-refractivity contribution in [1.82, 2.24) is 0 Å². The molecule has 0 amide bonds. The van der Waals surface area contributed by atoms with Crippen LogP contribution in [-0.4, -0.2) is 12.2 Å². The average molecular weight is 180 g/mol. The van der Waals surface area contributed by atoms with Crippen LogP contribution in [-0.2, 0) is 26.7 Å². The number of carbonyl (C=O) groups excluding carboxylic acids is 2. The molecule has 0 heterocycles. The van der Waals surface area contributed by atoms with E-state index in [-0.39, 0.29) is 17.1 Å². The largest absolute Gasteiger partial charge is 0.249 e. The van der Waals surface area contributed by atoms with Crippen LogP contribution in [0.15, 0.2) is 8.80 Å².